The van der Waals surface area contributed by atoms with Crippen molar-refractivity contribution in [1.29, 1.82) is 0 Å². The van der Waals surface area contributed by atoms with Crippen LogP contribution in [0.4, 0.5) is 0 Å². The number of benzene rings is 1. The molecule has 8 heteroatoms. The third-order valence-electron chi connectivity index (χ3n) is 3.31. The molecule has 0 N–H and O–H groups in total. The Morgan fingerprint density at radius 2 is 2.21 bits per heavy atom. The number of carbonyl (C=O) groups is 1. The number of thiazole rings is 2. The van der Waals surface area contributed by atoms with Gasteiger partial charge in [-0.05, 0) is 18.2 Å². The largest absolute Gasteiger partial charge is 0.455 e. The predicted octanol–water partition coefficient (Wildman–Crippen LogP) is 4.42. The number of fused-ring (bicyclic) bond motifs is 2. The topological polar surface area (TPSA) is 56.5 Å². The number of esters is 1. The van der Waals surface area contributed by atoms with Crippen LogP contribution >= 0.6 is 34.3 Å². The van der Waals surface area contributed by atoms with Gasteiger partial charge < -0.3 is 4.74 Å². The Morgan fingerprint density at radius 3 is 3.08 bits per heavy atom. The molecule has 24 heavy (non-hydrogen) atoms. The van der Waals surface area contributed by atoms with Crippen molar-refractivity contribution in [3.05, 3.63) is 57.8 Å². The maximum atomic E-state index is 11.9. The van der Waals surface area contributed by atoms with Crippen LogP contribution in [0.25, 0.3) is 21.3 Å². The molecular weight excluding hydrogens is 366 g/mol. The SMILES string of the molecule is O=C(/C=C\c1c(Cl)nc2sccn12)OCc1nc2ccccc2s1. The predicted molar refractivity (Wildman–Crippen MR) is 96.5 cm³/mol. The average molecular weight is 376 g/mol. The minimum absolute atomic E-state index is 0.149. The third kappa shape index (κ3) is 2.93. The van der Waals surface area contributed by atoms with E-state index in [4.69, 9.17) is 16.3 Å². The Labute approximate surface area is 149 Å². The molecule has 0 aliphatic heterocycles. The van der Waals surface area contributed by atoms with Crippen molar-refractivity contribution in [3.8, 4) is 0 Å². The highest BCUT2D eigenvalue weighted by atomic mass is 35.5. The first-order chi connectivity index (χ1) is 11.7. The summed E-state index contributed by atoms with van der Waals surface area (Å²) >= 11 is 9.06. The highest BCUT2D eigenvalue weighted by Crippen LogP contribution is 2.23. The number of ether oxygens (including phenoxy) is 1. The Morgan fingerprint density at radius 1 is 1.33 bits per heavy atom. The molecule has 0 bridgehead atoms. The van der Waals surface area contributed by atoms with E-state index in [1.807, 2.05) is 40.2 Å². The summed E-state index contributed by atoms with van der Waals surface area (Å²) in [6.07, 6.45) is 4.81. The second-order valence-corrected chi connectivity index (χ2v) is 7.21. The van der Waals surface area contributed by atoms with Crippen LogP contribution < -0.4 is 0 Å². The van der Waals surface area contributed by atoms with Crippen molar-refractivity contribution in [3.63, 3.8) is 0 Å². The molecule has 0 radical (unpaired) electrons. The first-order valence-corrected chi connectivity index (χ1v) is 9.08. The van der Waals surface area contributed by atoms with Crippen LogP contribution in [-0.4, -0.2) is 20.3 Å². The maximum Gasteiger partial charge on any atom is 0.331 e. The van der Waals surface area contributed by atoms with Gasteiger partial charge in [0.05, 0.1) is 15.9 Å². The minimum atomic E-state index is -0.449. The molecule has 1 aromatic carbocycles. The van der Waals surface area contributed by atoms with Crippen LogP contribution in [0.2, 0.25) is 5.15 Å². The summed E-state index contributed by atoms with van der Waals surface area (Å²) in [5, 5.41) is 3.03. The first-order valence-electron chi connectivity index (χ1n) is 7.01. The molecule has 0 saturated heterocycles. The molecule has 3 heterocycles. The fourth-order valence-electron chi connectivity index (χ4n) is 2.24. The van der Waals surface area contributed by atoms with Gasteiger partial charge in [0, 0.05) is 17.7 Å². The number of carbonyl (C=O) groups excluding carboxylic acids is 1. The van der Waals surface area contributed by atoms with Gasteiger partial charge in [-0.3, -0.25) is 4.40 Å². The summed E-state index contributed by atoms with van der Waals surface area (Å²) < 4.78 is 8.14. The van der Waals surface area contributed by atoms with E-state index >= 15 is 0 Å². The van der Waals surface area contributed by atoms with Gasteiger partial charge in [0.25, 0.3) is 0 Å². The molecular formula is C16H10ClN3O2S2. The van der Waals surface area contributed by atoms with E-state index in [-0.39, 0.29) is 6.61 Å². The lowest BCUT2D eigenvalue weighted by molar-refractivity contribution is -0.138. The van der Waals surface area contributed by atoms with Crippen molar-refractivity contribution >= 4 is 61.5 Å². The van der Waals surface area contributed by atoms with Crippen LogP contribution in [-0.2, 0) is 16.1 Å². The number of aromatic nitrogens is 3. The number of rotatable bonds is 4. The van der Waals surface area contributed by atoms with Gasteiger partial charge in [-0.1, -0.05) is 23.7 Å². The zero-order valence-corrected chi connectivity index (χ0v) is 14.6. The molecule has 4 rings (SSSR count). The third-order valence-corrected chi connectivity index (χ3v) is 5.35. The summed E-state index contributed by atoms with van der Waals surface area (Å²) in [4.78, 5) is 21.3. The van der Waals surface area contributed by atoms with E-state index in [0.29, 0.717) is 10.8 Å². The standard InChI is InChI=1S/C16H10ClN3O2S2/c17-15-11(20-7-8-23-16(20)19-15)5-6-14(21)22-9-13-18-10-3-1-2-4-12(10)24-13/h1-8H,9H2/b6-5-. The lowest BCUT2D eigenvalue weighted by atomic mass is 10.3. The molecule has 5 nitrogen and oxygen atoms in total. The zero-order chi connectivity index (χ0) is 16.5. The molecule has 0 atom stereocenters. The summed E-state index contributed by atoms with van der Waals surface area (Å²) in [7, 11) is 0. The smallest absolute Gasteiger partial charge is 0.331 e. The molecule has 0 saturated carbocycles. The minimum Gasteiger partial charge on any atom is -0.455 e. The summed E-state index contributed by atoms with van der Waals surface area (Å²) in [5.41, 5.74) is 1.57. The summed E-state index contributed by atoms with van der Waals surface area (Å²) in [6.45, 7) is 0.149. The van der Waals surface area contributed by atoms with Crippen molar-refractivity contribution in [2.75, 3.05) is 0 Å². The lowest BCUT2D eigenvalue weighted by Crippen LogP contribution is -2.00. The lowest BCUT2D eigenvalue weighted by Gasteiger charge is -1.98. The van der Waals surface area contributed by atoms with Gasteiger partial charge >= 0.3 is 5.97 Å². The van der Waals surface area contributed by atoms with Crippen molar-refractivity contribution in [2.24, 2.45) is 0 Å². The number of hydrogen-bond donors (Lipinski definition) is 0. The quantitative estimate of drug-likeness (QED) is 0.391. The highest BCUT2D eigenvalue weighted by molar-refractivity contribution is 7.18. The Balaban J connectivity index is 1.44. The highest BCUT2D eigenvalue weighted by Gasteiger charge is 2.10. The zero-order valence-electron chi connectivity index (χ0n) is 12.2. The monoisotopic (exact) mass is 375 g/mol. The first kappa shape index (κ1) is 15.3. The Hall–Kier alpha value is -2.22. The number of hydrogen-bond acceptors (Lipinski definition) is 6. The normalized spacial score (nSPS) is 11.7. The van der Waals surface area contributed by atoms with E-state index in [2.05, 4.69) is 9.97 Å². The molecule has 4 aromatic rings. The van der Waals surface area contributed by atoms with Gasteiger partial charge in [0.2, 0.25) is 0 Å². The number of halogens is 1. The molecule has 0 aliphatic carbocycles. The maximum absolute atomic E-state index is 11.9. The summed E-state index contributed by atoms with van der Waals surface area (Å²) in [6, 6.07) is 7.82. The van der Waals surface area contributed by atoms with Crippen LogP contribution in [0.5, 0.6) is 0 Å². The number of nitrogens with zero attached hydrogens (tertiary/aromatic N) is 3. The van der Waals surface area contributed by atoms with Crippen LogP contribution in [0, 0.1) is 0 Å². The second-order valence-electron chi connectivity index (χ2n) is 4.86. The van der Waals surface area contributed by atoms with Crippen LogP contribution in [0.15, 0.2) is 41.9 Å². The van der Waals surface area contributed by atoms with Gasteiger partial charge in [-0.15, -0.1) is 22.7 Å². The summed E-state index contributed by atoms with van der Waals surface area (Å²) in [5.74, 6) is -0.449. The fraction of sp³-hybridized carbons (Fsp3) is 0.0625. The molecule has 120 valence electrons. The van der Waals surface area contributed by atoms with E-state index in [1.165, 1.54) is 28.7 Å². The fourth-order valence-corrected chi connectivity index (χ4v) is 4.12. The number of imidazole rings is 1. The van der Waals surface area contributed by atoms with E-state index in [0.717, 1.165) is 20.2 Å². The van der Waals surface area contributed by atoms with E-state index in [9.17, 15) is 4.79 Å². The van der Waals surface area contributed by atoms with Crippen LogP contribution in [0.3, 0.4) is 0 Å². The van der Waals surface area contributed by atoms with Gasteiger partial charge in [0.15, 0.2) is 10.1 Å². The molecule has 0 aliphatic rings. The van der Waals surface area contributed by atoms with Gasteiger partial charge in [0.1, 0.15) is 11.6 Å². The van der Waals surface area contributed by atoms with E-state index < -0.39 is 5.97 Å². The van der Waals surface area contributed by atoms with E-state index in [1.54, 1.807) is 6.08 Å². The molecule has 0 unspecified atom stereocenters. The Bertz CT molecular complexity index is 1030. The molecule has 3 aromatic heterocycles. The second kappa shape index (κ2) is 6.35. The Kier molecular flexibility index (Phi) is 4.05. The molecule has 0 fully saturated rings. The van der Waals surface area contributed by atoms with Crippen molar-refractivity contribution < 1.29 is 9.53 Å². The number of para-hydroxylation sites is 1. The van der Waals surface area contributed by atoms with Crippen LogP contribution in [0.1, 0.15) is 10.7 Å². The van der Waals surface area contributed by atoms with Gasteiger partial charge in [-0.2, -0.15) is 0 Å². The average Bonchev–Trinajstić information content (AvgIpc) is 3.25. The van der Waals surface area contributed by atoms with Gasteiger partial charge in [-0.25, -0.2) is 14.8 Å². The molecule has 0 spiro atoms. The molecule has 0 amide bonds. The van der Waals surface area contributed by atoms with Crippen molar-refractivity contribution in [2.45, 2.75) is 6.61 Å². The van der Waals surface area contributed by atoms with Crippen molar-refractivity contribution in [1.82, 2.24) is 14.4 Å².